The third-order valence-corrected chi connectivity index (χ3v) is 5.94. The Morgan fingerprint density at radius 1 is 0.882 bits per heavy atom. The predicted molar refractivity (Wildman–Crippen MR) is 135 cm³/mol. The SMILES string of the molecule is CN(C)c1ccc(-c2noc(CCN(CCc3ccccc3)C(=O)c3ccccc3Cl)n2)cc1. The quantitative estimate of drug-likeness (QED) is 0.325. The largest absolute Gasteiger partial charge is 0.378 e. The molecule has 0 saturated heterocycles. The molecule has 0 fully saturated rings. The van der Waals surface area contributed by atoms with Crippen molar-refractivity contribution < 1.29 is 9.32 Å². The molecule has 0 atom stereocenters. The monoisotopic (exact) mass is 474 g/mol. The molecular weight excluding hydrogens is 448 g/mol. The van der Waals surface area contributed by atoms with Crippen molar-refractivity contribution in [2.75, 3.05) is 32.1 Å². The lowest BCUT2D eigenvalue weighted by molar-refractivity contribution is 0.0756. The summed E-state index contributed by atoms with van der Waals surface area (Å²) in [6, 6.07) is 25.2. The standard InChI is InChI=1S/C27H27ClN4O2/c1-31(2)22-14-12-21(13-15-22)26-29-25(34-30-26)17-19-32(18-16-20-8-4-3-5-9-20)27(33)23-10-6-7-11-24(23)28/h3-15H,16-19H2,1-2H3. The first-order chi connectivity index (χ1) is 16.5. The molecule has 0 unspecified atom stereocenters. The van der Waals surface area contributed by atoms with Gasteiger partial charge in [-0.25, -0.2) is 0 Å². The maximum absolute atomic E-state index is 13.3. The topological polar surface area (TPSA) is 62.5 Å². The number of aromatic nitrogens is 2. The fraction of sp³-hybridized carbons (Fsp3) is 0.222. The number of hydrogen-bond donors (Lipinski definition) is 0. The van der Waals surface area contributed by atoms with Crippen LogP contribution in [0.3, 0.4) is 0 Å². The Hall–Kier alpha value is -3.64. The van der Waals surface area contributed by atoms with Gasteiger partial charge in [0, 0.05) is 44.9 Å². The Labute approximate surface area is 204 Å². The lowest BCUT2D eigenvalue weighted by Crippen LogP contribution is -2.35. The van der Waals surface area contributed by atoms with Crippen LogP contribution in [0.1, 0.15) is 21.8 Å². The molecule has 0 aliphatic rings. The minimum absolute atomic E-state index is 0.111. The van der Waals surface area contributed by atoms with Crippen LogP contribution in [0.15, 0.2) is 83.4 Å². The first kappa shape index (κ1) is 23.5. The van der Waals surface area contributed by atoms with Crippen LogP contribution in [-0.2, 0) is 12.8 Å². The van der Waals surface area contributed by atoms with Gasteiger partial charge in [-0.3, -0.25) is 4.79 Å². The number of anilines is 1. The van der Waals surface area contributed by atoms with E-state index in [2.05, 4.69) is 22.3 Å². The molecule has 1 amide bonds. The van der Waals surface area contributed by atoms with Gasteiger partial charge in [0.25, 0.3) is 5.91 Å². The summed E-state index contributed by atoms with van der Waals surface area (Å²) < 4.78 is 5.48. The van der Waals surface area contributed by atoms with Crippen LogP contribution in [0.4, 0.5) is 5.69 Å². The minimum atomic E-state index is -0.111. The summed E-state index contributed by atoms with van der Waals surface area (Å²) in [6.07, 6.45) is 1.19. The molecule has 0 radical (unpaired) electrons. The fourth-order valence-electron chi connectivity index (χ4n) is 3.64. The van der Waals surface area contributed by atoms with E-state index in [0.29, 0.717) is 41.8 Å². The van der Waals surface area contributed by atoms with E-state index in [0.717, 1.165) is 17.7 Å². The van der Waals surface area contributed by atoms with Crippen LogP contribution in [0, 0.1) is 0 Å². The lowest BCUT2D eigenvalue weighted by Gasteiger charge is -2.23. The lowest BCUT2D eigenvalue weighted by atomic mass is 10.1. The molecular formula is C27H27ClN4O2. The first-order valence-electron chi connectivity index (χ1n) is 11.2. The van der Waals surface area contributed by atoms with E-state index in [9.17, 15) is 4.79 Å². The van der Waals surface area contributed by atoms with E-state index in [1.807, 2.05) is 73.6 Å². The zero-order chi connectivity index (χ0) is 23.9. The Bertz CT molecular complexity index is 1220. The summed E-state index contributed by atoms with van der Waals surface area (Å²) in [4.78, 5) is 21.7. The van der Waals surface area contributed by atoms with E-state index < -0.39 is 0 Å². The van der Waals surface area contributed by atoms with Crippen LogP contribution in [-0.4, -0.2) is 48.1 Å². The Kier molecular flexibility index (Phi) is 7.60. The van der Waals surface area contributed by atoms with Crippen molar-refractivity contribution >= 4 is 23.2 Å². The summed E-state index contributed by atoms with van der Waals surface area (Å²) in [6.45, 7) is 0.999. The molecule has 0 aliphatic heterocycles. The maximum atomic E-state index is 13.3. The van der Waals surface area contributed by atoms with Gasteiger partial charge in [0.15, 0.2) is 0 Å². The highest BCUT2D eigenvalue weighted by molar-refractivity contribution is 6.33. The predicted octanol–water partition coefficient (Wildman–Crippen LogP) is 5.38. The van der Waals surface area contributed by atoms with Crippen LogP contribution in [0.2, 0.25) is 5.02 Å². The van der Waals surface area contributed by atoms with E-state index in [-0.39, 0.29) is 5.91 Å². The normalized spacial score (nSPS) is 10.8. The van der Waals surface area contributed by atoms with Crippen LogP contribution in [0.5, 0.6) is 0 Å². The number of nitrogens with zero attached hydrogens (tertiary/aromatic N) is 4. The molecule has 4 rings (SSSR count). The van der Waals surface area contributed by atoms with Gasteiger partial charge in [-0.15, -0.1) is 0 Å². The van der Waals surface area contributed by atoms with Crippen molar-refractivity contribution in [1.29, 1.82) is 0 Å². The average Bonchev–Trinajstić information content (AvgIpc) is 3.34. The van der Waals surface area contributed by atoms with Crippen molar-refractivity contribution in [3.05, 3.63) is 101 Å². The number of amides is 1. The maximum Gasteiger partial charge on any atom is 0.255 e. The Morgan fingerprint density at radius 2 is 1.56 bits per heavy atom. The van der Waals surface area contributed by atoms with Gasteiger partial charge in [-0.2, -0.15) is 4.98 Å². The molecule has 0 aliphatic carbocycles. The van der Waals surface area contributed by atoms with Gasteiger partial charge >= 0.3 is 0 Å². The molecule has 174 valence electrons. The number of halogens is 1. The van der Waals surface area contributed by atoms with E-state index >= 15 is 0 Å². The Morgan fingerprint density at radius 3 is 2.26 bits per heavy atom. The molecule has 1 aromatic heterocycles. The number of carbonyl (C=O) groups excluding carboxylic acids is 1. The molecule has 4 aromatic rings. The fourth-order valence-corrected chi connectivity index (χ4v) is 3.86. The zero-order valence-corrected chi connectivity index (χ0v) is 20.1. The van der Waals surface area contributed by atoms with Gasteiger partial charge in [0.05, 0.1) is 10.6 Å². The Balaban J connectivity index is 1.47. The van der Waals surface area contributed by atoms with Gasteiger partial charge in [0.1, 0.15) is 0 Å². The zero-order valence-electron chi connectivity index (χ0n) is 19.3. The summed E-state index contributed by atoms with van der Waals surface area (Å²) in [5.74, 6) is 0.914. The van der Waals surface area contributed by atoms with Crippen molar-refractivity contribution in [2.45, 2.75) is 12.8 Å². The molecule has 6 nitrogen and oxygen atoms in total. The molecule has 7 heteroatoms. The molecule has 34 heavy (non-hydrogen) atoms. The van der Waals surface area contributed by atoms with Gasteiger partial charge in [0.2, 0.25) is 11.7 Å². The highest BCUT2D eigenvalue weighted by Crippen LogP contribution is 2.21. The van der Waals surface area contributed by atoms with Crippen molar-refractivity contribution in [2.24, 2.45) is 0 Å². The van der Waals surface area contributed by atoms with Gasteiger partial charge in [-0.05, 0) is 48.4 Å². The summed E-state index contributed by atoms with van der Waals surface area (Å²) >= 11 is 6.31. The number of carbonyl (C=O) groups is 1. The summed E-state index contributed by atoms with van der Waals surface area (Å²) in [7, 11) is 3.99. The van der Waals surface area contributed by atoms with Gasteiger partial charge in [-0.1, -0.05) is 59.2 Å². The molecule has 1 heterocycles. The minimum Gasteiger partial charge on any atom is -0.378 e. The second kappa shape index (κ2) is 11.0. The van der Waals surface area contributed by atoms with Crippen LogP contribution >= 0.6 is 11.6 Å². The third kappa shape index (κ3) is 5.83. The second-order valence-corrected chi connectivity index (χ2v) is 8.62. The van der Waals surface area contributed by atoms with Gasteiger partial charge < -0.3 is 14.3 Å². The van der Waals surface area contributed by atoms with Crippen LogP contribution in [0.25, 0.3) is 11.4 Å². The summed E-state index contributed by atoms with van der Waals surface area (Å²) in [5, 5.41) is 4.57. The smallest absolute Gasteiger partial charge is 0.255 e. The number of hydrogen-bond acceptors (Lipinski definition) is 5. The van der Waals surface area contributed by atoms with E-state index in [1.54, 1.807) is 17.0 Å². The molecule has 3 aromatic carbocycles. The second-order valence-electron chi connectivity index (χ2n) is 8.21. The molecule has 0 N–H and O–H groups in total. The average molecular weight is 475 g/mol. The van der Waals surface area contributed by atoms with Crippen LogP contribution < -0.4 is 4.90 Å². The number of benzene rings is 3. The number of rotatable bonds is 9. The first-order valence-corrected chi connectivity index (χ1v) is 11.6. The summed E-state index contributed by atoms with van der Waals surface area (Å²) in [5.41, 5.74) is 3.64. The van der Waals surface area contributed by atoms with E-state index in [1.165, 1.54) is 5.56 Å². The van der Waals surface area contributed by atoms with Crippen molar-refractivity contribution in [1.82, 2.24) is 15.0 Å². The highest BCUT2D eigenvalue weighted by atomic mass is 35.5. The van der Waals surface area contributed by atoms with Crippen molar-refractivity contribution in [3.8, 4) is 11.4 Å². The molecule has 0 saturated carbocycles. The van der Waals surface area contributed by atoms with Crippen molar-refractivity contribution in [3.63, 3.8) is 0 Å². The molecule has 0 bridgehead atoms. The highest BCUT2D eigenvalue weighted by Gasteiger charge is 2.19. The third-order valence-electron chi connectivity index (χ3n) is 5.61. The van der Waals surface area contributed by atoms with E-state index in [4.69, 9.17) is 16.1 Å². The molecule has 0 spiro atoms.